The second-order valence-electron chi connectivity index (χ2n) is 5.70. The van der Waals surface area contributed by atoms with Crippen molar-refractivity contribution in [3.8, 4) is 0 Å². The van der Waals surface area contributed by atoms with Crippen LogP contribution in [-0.4, -0.2) is 33.0 Å². The number of benzene rings is 1. The van der Waals surface area contributed by atoms with Gasteiger partial charge in [-0.1, -0.05) is 18.2 Å². The third-order valence-electron chi connectivity index (χ3n) is 3.98. The van der Waals surface area contributed by atoms with Crippen molar-refractivity contribution in [2.45, 2.75) is 25.1 Å². The van der Waals surface area contributed by atoms with Crippen molar-refractivity contribution in [2.24, 2.45) is 5.92 Å². The molecule has 0 bridgehead atoms. The van der Waals surface area contributed by atoms with Crippen LogP contribution in [0.3, 0.4) is 0 Å². The Balaban J connectivity index is 1.66. The number of carbonyl (C=O) groups is 1. The van der Waals surface area contributed by atoms with Crippen LogP contribution in [0.2, 0.25) is 0 Å². The monoisotopic (exact) mass is 324 g/mol. The van der Waals surface area contributed by atoms with Gasteiger partial charge in [-0.05, 0) is 24.0 Å². The molecule has 122 valence electrons. The molecule has 2 aromatic rings. The standard InChI is InChI=1S/C15H15F3N4O/c1-22(7-13-19-8-20-21-13)14(23)12-6-11(12)9-3-2-4-10(5-9)15(16,17)18/h2-5,8,11-12H,6-7H2,1H3,(H,19,20,21)/t11-,12-/m0/s1. The highest BCUT2D eigenvalue weighted by Gasteiger charge is 2.45. The van der Waals surface area contributed by atoms with Gasteiger partial charge in [-0.3, -0.25) is 9.89 Å². The molecular formula is C15H15F3N4O. The summed E-state index contributed by atoms with van der Waals surface area (Å²) < 4.78 is 38.3. The number of aromatic amines is 1. The molecule has 3 rings (SSSR count). The van der Waals surface area contributed by atoms with Crippen molar-refractivity contribution in [3.63, 3.8) is 0 Å². The molecule has 1 fully saturated rings. The summed E-state index contributed by atoms with van der Waals surface area (Å²) in [6, 6.07) is 5.20. The van der Waals surface area contributed by atoms with Crippen LogP contribution < -0.4 is 0 Å². The fourth-order valence-corrected chi connectivity index (χ4v) is 2.67. The minimum Gasteiger partial charge on any atom is -0.338 e. The predicted molar refractivity (Wildman–Crippen MR) is 75.1 cm³/mol. The third-order valence-corrected chi connectivity index (χ3v) is 3.98. The molecular weight excluding hydrogens is 309 g/mol. The van der Waals surface area contributed by atoms with E-state index in [1.165, 1.54) is 17.3 Å². The number of rotatable bonds is 4. The average molecular weight is 324 g/mol. The summed E-state index contributed by atoms with van der Waals surface area (Å²) in [6.07, 6.45) is -2.44. The van der Waals surface area contributed by atoms with Crippen LogP contribution in [0, 0.1) is 5.92 Å². The Morgan fingerprint density at radius 1 is 1.43 bits per heavy atom. The van der Waals surface area contributed by atoms with Gasteiger partial charge in [0.15, 0.2) is 0 Å². The number of carbonyl (C=O) groups excluding carboxylic acids is 1. The summed E-state index contributed by atoms with van der Waals surface area (Å²) in [5, 5.41) is 6.38. The quantitative estimate of drug-likeness (QED) is 0.940. The number of hydrogen-bond donors (Lipinski definition) is 1. The Kier molecular flexibility index (Phi) is 3.83. The van der Waals surface area contributed by atoms with Crippen molar-refractivity contribution in [1.82, 2.24) is 20.1 Å². The van der Waals surface area contributed by atoms with Crippen LogP contribution in [0.5, 0.6) is 0 Å². The van der Waals surface area contributed by atoms with Gasteiger partial charge in [0.05, 0.1) is 12.1 Å². The number of amides is 1. The highest BCUT2D eigenvalue weighted by Crippen LogP contribution is 2.49. The molecule has 0 saturated heterocycles. The van der Waals surface area contributed by atoms with Crippen molar-refractivity contribution < 1.29 is 18.0 Å². The summed E-state index contributed by atoms with van der Waals surface area (Å²) in [6.45, 7) is 0.296. The fourth-order valence-electron chi connectivity index (χ4n) is 2.67. The van der Waals surface area contributed by atoms with Crippen LogP contribution in [-0.2, 0) is 17.5 Å². The minimum atomic E-state index is -4.37. The maximum atomic E-state index is 12.8. The highest BCUT2D eigenvalue weighted by molar-refractivity contribution is 5.82. The fraction of sp³-hybridized carbons (Fsp3) is 0.400. The topological polar surface area (TPSA) is 61.9 Å². The Morgan fingerprint density at radius 2 is 2.22 bits per heavy atom. The van der Waals surface area contributed by atoms with Crippen molar-refractivity contribution in [3.05, 3.63) is 47.5 Å². The van der Waals surface area contributed by atoms with E-state index in [-0.39, 0.29) is 17.7 Å². The van der Waals surface area contributed by atoms with E-state index in [9.17, 15) is 18.0 Å². The van der Waals surface area contributed by atoms with E-state index >= 15 is 0 Å². The molecule has 1 aliphatic rings. The first kappa shape index (κ1) is 15.5. The van der Waals surface area contributed by atoms with E-state index in [1.54, 1.807) is 13.1 Å². The maximum Gasteiger partial charge on any atom is 0.416 e. The van der Waals surface area contributed by atoms with Gasteiger partial charge in [0, 0.05) is 13.0 Å². The van der Waals surface area contributed by atoms with Gasteiger partial charge < -0.3 is 4.90 Å². The minimum absolute atomic E-state index is 0.0937. The Hall–Kier alpha value is -2.38. The summed E-state index contributed by atoms with van der Waals surface area (Å²) >= 11 is 0. The molecule has 0 radical (unpaired) electrons. The lowest BCUT2D eigenvalue weighted by Crippen LogP contribution is -2.28. The smallest absolute Gasteiger partial charge is 0.338 e. The summed E-state index contributed by atoms with van der Waals surface area (Å²) in [4.78, 5) is 17.8. The normalized spacial score (nSPS) is 20.3. The van der Waals surface area contributed by atoms with E-state index in [4.69, 9.17) is 0 Å². The van der Waals surface area contributed by atoms with E-state index in [1.807, 2.05) is 0 Å². The molecule has 2 atom stereocenters. The molecule has 1 aromatic heterocycles. The first-order valence-electron chi connectivity index (χ1n) is 7.12. The highest BCUT2D eigenvalue weighted by atomic mass is 19.4. The summed E-state index contributed by atoms with van der Waals surface area (Å²) in [5.41, 5.74) is -0.116. The van der Waals surface area contributed by atoms with Crippen LogP contribution in [0.15, 0.2) is 30.6 Å². The number of aromatic nitrogens is 3. The van der Waals surface area contributed by atoms with Crippen LogP contribution in [0.25, 0.3) is 0 Å². The molecule has 1 heterocycles. The second-order valence-corrected chi connectivity index (χ2v) is 5.70. The largest absolute Gasteiger partial charge is 0.416 e. The molecule has 8 heteroatoms. The first-order valence-corrected chi connectivity index (χ1v) is 7.12. The second kappa shape index (κ2) is 5.68. The third kappa shape index (κ3) is 3.35. The van der Waals surface area contributed by atoms with Gasteiger partial charge in [-0.2, -0.15) is 18.3 Å². The molecule has 1 aromatic carbocycles. The first-order chi connectivity index (χ1) is 10.9. The lowest BCUT2D eigenvalue weighted by Gasteiger charge is -2.15. The van der Waals surface area contributed by atoms with Crippen molar-refractivity contribution in [1.29, 1.82) is 0 Å². The van der Waals surface area contributed by atoms with Gasteiger partial charge in [-0.25, -0.2) is 4.98 Å². The molecule has 1 aliphatic carbocycles. The zero-order valence-electron chi connectivity index (χ0n) is 12.3. The molecule has 1 N–H and O–H groups in total. The van der Waals surface area contributed by atoms with Gasteiger partial charge >= 0.3 is 6.18 Å². The SMILES string of the molecule is CN(Cc1ncn[nH]1)C(=O)[C@H]1C[C@H]1c1cccc(C(F)(F)F)c1. The Bertz CT molecular complexity index is 699. The molecule has 5 nitrogen and oxygen atoms in total. The van der Waals surface area contributed by atoms with Crippen LogP contribution >= 0.6 is 0 Å². The van der Waals surface area contributed by atoms with Crippen LogP contribution in [0.1, 0.15) is 29.3 Å². The lowest BCUT2D eigenvalue weighted by atomic mass is 10.1. The molecule has 1 saturated carbocycles. The van der Waals surface area contributed by atoms with E-state index in [0.29, 0.717) is 24.4 Å². The van der Waals surface area contributed by atoms with Gasteiger partial charge in [-0.15, -0.1) is 0 Å². The predicted octanol–water partition coefficient (Wildman–Crippen LogP) is 2.59. The lowest BCUT2D eigenvalue weighted by molar-refractivity contribution is -0.137. The van der Waals surface area contributed by atoms with Gasteiger partial charge in [0.25, 0.3) is 0 Å². The number of hydrogen-bond acceptors (Lipinski definition) is 3. The number of halogens is 3. The van der Waals surface area contributed by atoms with Gasteiger partial charge in [0.1, 0.15) is 12.2 Å². The number of H-pyrrole nitrogens is 1. The zero-order valence-corrected chi connectivity index (χ0v) is 12.3. The maximum absolute atomic E-state index is 12.8. The van der Waals surface area contributed by atoms with E-state index in [2.05, 4.69) is 15.2 Å². The molecule has 0 unspecified atom stereocenters. The molecule has 1 amide bonds. The van der Waals surface area contributed by atoms with Crippen LogP contribution in [0.4, 0.5) is 13.2 Å². The number of nitrogens with one attached hydrogen (secondary N) is 1. The van der Waals surface area contributed by atoms with Gasteiger partial charge in [0.2, 0.25) is 5.91 Å². The van der Waals surface area contributed by atoms with E-state index < -0.39 is 11.7 Å². The molecule has 23 heavy (non-hydrogen) atoms. The number of alkyl halides is 3. The Labute approximate surface area is 130 Å². The van der Waals surface area contributed by atoms with Crippen molar-refractivity contribution in [2.75, 3.05) is 7.05 Å². The average Bonchev–Trinajstić information content (AvgIpc) is 3.15. The Morgan fingerprint density at radius 3 is 2.87 bits per heavy atom. The number of nitrogens with zero attached hydrogens (tertiary/aromatic N) is 3. The van der Waals surface area contributed by atoms with E-state index in [0.717, 1.165) is 12.1 Å². The molecule has 0 spiro atoms. The summed E-state index contributed by atoms with van der Waals surface area (Å²) in [7, 11) is 1.65. The summed E-state index contributed by atoms with van der Waals surface area (Å²) in [5.74, 6) is 0.0503. The zero-order chi connectivity index (χ0) is 16.6. The van der Waals surface area contributed by atoms with Crippen molar-refractivity contribution >= 4 is 5.91 Å². The molecule has 0 aliphatic heterocycles.